The van der Waals surface area contributed by atoms with Crippen LogP contribution in [0.2, 0.25) is 0 Å². The Morgan fingerprint density at radius 1 is 1.15 bits per heavy atom. The highest BCUT2D eigenvalue weighted by Crippen LogP contribution is 2.40. The lowest BCUT2D eigenvalue weighted by Crippen LogP contribution is -2.61. The topological polar surface area (TPSA) is 35.6 Å². The molecule has 2 aliphatic rings. The molecule has 4 nitrogen and oxygen atoms in total. The van der Waals surface area contributed by atoms with E-state index in [0.717, 1.165) is 23.7 Å². The maximum absolute atomic E-state index is 13.3. The van der Waals surface area contributed by atoms with Crippen LogP contribution in [-0.2, 0) is 23.9 Å². The number of carbonyl (C=O) groups is 1. The molecule has 3 atom stereocenters. The van der Waals surface area contributed by atoms with Gasteiger partial charge in [0.1, 0.15) is 5.82 Å². The number of hydrogen-bond acceptors (Lipinski definition) is 3. The number of anilines is 1. The molecule has 0 spiro atoms. The first-order valence-electron chi connectivity index (χ1n) is 11.4. The average Bonchev–Trinajstić information content (AvgIpc) is 2.78. The number of piperazine rings is 1. The van der Waals surface area contributed by atoms with E-state index in [1.165, 1.54) is 18.2 Å². The van der Waals surface area contributed by atoms with Crippen molar-refractivity contribution < 1.29 is 22.4 Å². The number of fused-ring (bicyclic) bond motifs is 3. The number of carbonyl (C=O) groups excluding carboxylic acids is 1. The van der Waals surface area contributed by atoms with Crippen LogP contribution < -0.4 is 10.2 Å². The van der Waals surface area contributed by atoms with E-state index in [1.54, 1.807) is 18.2 Å². The molecule has 0 bridgehead atoms. The van der Waals surface area contributed by atoms with E-state index < -0.39 is 17.7 Å². The summed E-state index contributed by atoms with van der Waals surface area (Å²) < 4.78 is 53.2. The Labute approximate surface area is 191 Å². The van der Waals surface area contributed by atoms with E-state index in [2.05, 4.69) is 15.1 Å². The molecule has 0 unspecified atom stereocenters. The minimum Gasteiger partial charge on any atom is -0.365 e. The number of hydrogen-bond donors (Lipinski definition) is 1. The zero-order chi connectivity index (χ0) is 23.8. The molecule has 0 aromatic heterocycles. The van der Waals surface area contributed by atoms with Crippen LogP contribution in [0.3, 0.4) is 0 Å². The van der Waals surface area contributed by atoms with Crippen LogP contribution in [0.4, 0.5) is 23.2 Å². The predicted molar refractivity (Wildman–Crippen MR) is 119 cm³/mol. The van der Waals surface area contributed by atoms with Crippen molar-refractivity contribution in [3.05, 3.63) is 65.0 Å². The summed E-state index contributed by atoms with van der Waals surface area (Å²) in [5, 5.41) is 3.03. The van der Waals surface area contributed by atoms with Crippen LogP contribution in [0.5, 0.6) is 0 Å². The number of halogens is 4. The summed E-state index contributed by atoms with van der Waals surface area (Å²) in [5.74, 6) is -0.857. The van der Waals surface area contributed by atoms with E-state index in [4.69, 9.17) is 0 Å². The summed E-state index contributed by atoms with van der Waals surface area (Å²) in [4.78, 5) is 17.5. The second-order valence-electron chi connectivity index (χ2n) is 9.09. The normalized spacial score (nSPS) is 21.8. The lowest BCUT2D eigenvalue weighted by molar-refractivity contribution is -0.137. The minimum atomic E-state index is -4.42. The minimum absolute atomic E-state index is 0.00670. The van der Waals surface area contributed by atoms with Crippen molar-refractivity contribution in [1.82, 2.24) is 10.2 Å². The number of amides is 1. The third kappa shape index (κ3) is 5.16. The molecule has 1 fully saturated rings. The van der Waals surface area contributed by atoms with Gasteiger partial charge in [-0.05, 0) is 61.2 Å². The zero-order valence-corrected chi connectivity index (χ0v) is 18.8. The van der Waals surface area contributed by atoms with Crippen LogP contribution >= 0.6 is 0 Å². The standard InChI is InChI=1S/C25H29F4N3O/c1-3-16(2)30-24(33)21-13-18-12-19(25(27,28)29)6-9-22(18)32-11-10-31(15-23(21)32)14-17-4-7-20(26)8-5-17/h4-9,12,16,21,23H,3,10-11,13-15H2,1-2H3,(H,30,33)/t16-,21+,23+/m0/s1. The number of benzene rings is 2. The number of rotatable bonds is 5. The second-order valence-corrected chi connectivity index (χ2v) is 9.09. The molecule has 4 rings (SSSR count). The molecular formula is C25H29F4N3O. The van der Waals surface area contributed by atoms with E-state index in [-0.39, 0.29) is 30.2 Å². The first kappa shape index (κ1) is 23.5. The Bertz CT molecular complexity index is 992. The first-order chi connectivity index (χ1) is 15.7. The molecule has 2 heterocycles. The highest BCUT2D eigenvalue weighted by atomic mass is 19.4. The molecule has 1 amide bonds. The third-order valence-electron chi connectivity index (χ3n) is 6.78. The van der Waals surface area contributed by atoms with Gasteiger partial charge in [-0.2, -0.15) is 13.2 Å². The van der Waals surface area contributed by atoms with Crippen molar-refractivity contribution in [2.24, 2.45) is 5.92 Å². The number of nitrogens with zero attached hydrogens (tertiary/aromatic N) is 2. The highest BCUT2D eigenvalue weighted by Gasteiger charge is 2.42. The van der Waals surface area contributed by atoms with Gasteiger partial charge in [-0.1, -0.05) is 19.1 Å². The quantitative estimate of drug-likeness (QED) is 0.658. The summed E-state index contributed by atoms with van der Waals surface area (Å²) in [6.45, 7) is 6.45. The predicted octanol–water partition coefficient (Wildman–Crippen LogP) is 4.62. The van der Waals surface area contributed by atoms with Crippen LogP contribution in [-0.4, -0.2) is 42.5 Å². The Hall–Kier alpha value is -2.61. The Morgan fingerprint density at radius 2 is 1.88 bits per heavy atom. The van der Waals surface area contributed by atoms with Gasteiger partial charge < -0.3 is 10.2 Å². The lowest BCUT2D eigenvalue weighted by atomic mass is 9.82. The SMILES string of the molecule is CC[C@H](C)NC(=O)[C@@H]1Cc2cc(C(F)(F)F)ccc2N2CCN(Cc3ccc(F)cc3)C[C@H]12. The van der Waals surface area contributed by atoms with Crippen LogP contribution in [0.15, 0.2) is 42.5 Å². The molecule has 33 heavy (non-hydrogen) atoms. The molecule has 1 saturated heterocycles. The molecule has 178 valence electrons. The fourth-order valence-electron chi connectivity index (χ4n) is 4.80. The van der Waals surface area contributed by atoms with Gasteiger partial charge in [0.2, 0.25) is 5.91 Å². The zero-order valence-electron chi connectivity index (χ0n) is 18.8. The summed E-state index contributed by atoms with van der Waals surface area (Å²) in [5.41, 5.74) is 1.64. The number of alkyl halides is 3. The smallest absolute Gasteiger partial charge is 0.365 e. The van der Waals surface area contributed by atoms with Crippen molar-refractivity contribution in [2.45, 2.75) is 51.5 Å². The first-order valence-corrected chi connectivity index (χ1v) is 11.4. The van der Waals surface area contributed by atoms with Gasteiger partial charge in [-0.15, -0.1) is 0 Å². The average molecular weight is 464 g/mol. The Kier molecular flexibility index (Phi) is 6.66. The van der Waals surface area contributed by atoms with Gasteiger partial charge in [0, 0.05) is 37.9 Å². The van der Waals surface area contributed by atoms with Crippen molar-refractivity contribution in [1.29, 1.82) is 0 Å². The van der Waals surface area contributed by atoms with Gasteiger partial charge in [-0.3, -0.25) is 9.69 Å². The van der Waals surface area contributed by atoms with Crippen molar-refractivity contribution >= 4 is 11.6 Å². The van der Waals surface area contributed by atoms with Crippen LogP contribution in [0, 0.1) is 11.7 Å². The fourth-order valence-corrected chi connectivity index (χ4v) is 4.80. The summed E-state index contributed by atoms with van der Waals surface area (Å²) in [6, 6.07) is 10.1. The van der Waals surface area contributed by atoms with Gasteiger partial charge in [0.25, 0.3) is 0 Å². The molecule has 2 aromatic rings. The molecule has 1 N–H and O–H groups in total. The van der Waals surface area contributed by atoms with E-state index >= 15 is 0 Å². The van der Waals surface area contributed by atoms with Gasteiger partial charge >= 0.3 is 6.18 Å². The van der Waals surface area contributed by atoms with Crippen molar-refractivity contribution in [3.63, 3.8) is 0 Å². The van der Waals surface area contributed by atoms with E-state index in [0.29, 0.717) is 31.7 Å². The maximum Gasteiger partial charge on any atom is 0.416 e. The van der Waals surface area contributed by atoms with E-state index in [1.807, 2.05) is 13.8 Å². The van der Waals surface area contributed by atoms with E-state index in [9.17, 15) is 22.4 Å². The summed E-state index contributed by atoms with van der Waals surface area (Å²) in [7, 11) is 0. The molecule has 2 aliphatic heterocycles. The van der Waals surface area contributed by atoms with Gasteiger partial charge in [-0.25, -0.2) is 4.39 Å². The lowest BCUT2D eigenvalue weighted by Gasteiger charge is -2.49. The molecule has 2 aromatic carbocycles. The largest absolute Gasteiger partial charge is 0.416 e. The van der Waals surface area contributed by atoms with Crippen LogP contribution in [0.25, 0.3) is 0 Å². The van der Waals surface area contributed by atoms with Crippen molar-refractivity contribution in [2.75, 3.05) is 24.5 Å². The molecule has 0 radical (unpaired) electrons. The summed E-state index contributed by atoms with van der Waals surface area (Å²) in [6.07, 6.45) is -3.38. The Balaban J connectivity index is 1.61. The molecular weight excluding hydrogens is 434 g/mol. The third-order valence-corrected chi connectivity index (χ3v) is 6.78. The monoisotopic (exact) mass is 463 g/mol. The number of nitrogens with one attached hydrogen (secondary N) is 1. The fraction of sp³-hybridized carbons (Fsp3) is 0.480. The summed E-state index contributed by atoms with van der Waals surface area (Å²) >= 11 is 0. The van der Waals surface area contributed by atoms with Gasteiger partial charge in [0.05, 0.1) is 17.5 Å². The Morgan fingerprint density at radius 3 is 2.55 bits per heavy atom. The molecule has 8 heteroatoms. The molecule has 0 aliphatic carbocycles. The van der Waals surface area contributed by atoms with Crippen LogP contribution in [0.1, 0.15) is 37.0 Å². The second kappa shape index (κ2) is 9.33. The van der Waals surface area contributed by atoms with Crippen molar-refractivity contribution in [3.8, 4) is 0 Å². The van der Waals surface area contributed by atoms with Gasteiger partial charge in [0.15, 0.2) is 0 Å². The highest BCUT2D eigenvalue weighted by molar-refractivity contribution is 5.82. The molecule has 0 saturated carbocycles. The maximum atomic E-state index is 13.3.